The quantitative estimate of drug-likeness (QED) is 0.245. The van der Waals surface area contributed by atoms with E-state index in [9.17, 15) is 40.3 Å². The Morgan fingerprint density at radius 3 is 1.41 bits per heavy atom. The van der Waals surface area contributed by atoms with Crippen molar-refractivity contribution in [1.82, 2.24) is 0 Å². The van der Waals surface area contributed by atoms with E-state index in [2.05, 4.69) is 5.58 Å². The predicted octanol–water partition coefficient (Wildman–Crippen LogP) is 0.569. The maximum absolute atomic E-state index is 11.8. The molecule has 0 aliphatic carbocycles. The fourth-order valence-corrected chi connectivity index (χ4v) is 3.29. The number of nitro benzene ring substituents is 2. The normalized spacial score (nSPS) is 10.1. The first-order chi connectivity index (χ1) is 12.7. The van der Waals surface area contributed by atoms with Gasteiger partial charge in [-0.05, 0) is 0 Å². The first-order valence-electron chi connectivity index (χ1n) is 6.66. The van der Waals surface area contributed by atoms with Crippen molar-refractivity contribution in [1.29, 1.82) is 0 Å². The second-order valence-corrected chi connectivity index (χ2v) is 6.61. The molecule has 0 saturated heterocycles. The molecule has 2 radical (unpaired) electrons. The standard InChI is InChI=1S/2C6H4N2O5.Pb/c2*9-5-3-1-2-4(7(10)11)6(5)8(12)13;/h2*1-3,9H;/q;;+2/p-2. The van der Waals surface area contributed by atoms with Gasteiger partial charge in [0.25, 0.3) is 0 Å². The van der Waals surface area contributed by atoms with Crippen LogP contribution >= 0.6 is 0 Å². The number of hydrogen-bond acceptors (Lipinski definition) is 10. The number of rotatable bonds is 8. The molecule has 0 saturated carbocycles. The molecule has 2 rings (SSSR count). The molecule has 0 N–H and O–H groups in total. The van der Waals surface area contributed by atoms with Crippen LogP contribution in [0.3, 0.4) is 0 Å². The molecule has 0 atom stereocenters. The average Bonchev–Trinajstić information content (AvgIpc) is 2.60. The molecular weight excluding hydrogens is 567 g/mol. The molecule has 2 aromatic rings. The zero-order valence-corrected chi connectivity index (χ0v) is 16.7. The van der Waals surface area contributed by atoms with Gasteiger partial charge < -0.3 is 0 Å². The third-order valence-corrected chi connectivity index (χ3v) is 4.82. The van der Waals surface area contributed by atoms with Crippen LogP contribution in [0.25, 0.3) is 0 Å². The molecule has 0 unspecified atom stereocenters. The van der Waals surface area contributed by atoms with Gasteiger partial charge in [-0.3, -0.25) is 0 Å². The first kappa shape index (κ1) is 19.9. The molecule has 0 aromatic heterocycles. The van der Waals surface area contributed by atoms with Crippen molar-refractivity contribution >= 4 is 47.9 Å². The topological polar surface area (TPSA) is 191 Å². The van der Waals surface area contributed by atoms with Crippen LogP contribution in [0.15, 0.2) is 36.4 Å². The van der Waals surface area contributed by atoms with Gasteiger partial charge >= 0.3 is 161 Å². The summed E-state index contributed by atoms with van der Waals surface area (Å²) in [5.41, 5.74) is -3.45. The summed E-state index contributed by atoms with van der Waals surface area (Å²) in [5, 5.41) is 44.6. The van der Waals surface area contributed by atoms with E-state index in [4.69, 9.17) is 0 Å². The average molecular weight is 573 g/mol. The summed E-state index contributed by atoms with van der Waals surface area (Å²) in [7, 11) is 0. The van der Waals surface area contributed by atoms with Gasteiger partial charge in [0.15, 0.2) is 0 Å². The SMILES string of the molecule is O=[N+]([O-])c1c([O-])cccc1[N+](=O)[O][Pb][O][N+](=O)c1cccc([O-])c1[N+](=O)[O-]. The Morgan fingerprint density at radius 1 is 0.704 bits per heavy atom. The van der Waals surface area contributed by atoms with Gasteiger partial charge in [-0.15, -0.1) is 0 Å². The first-order valence-corrected chi connectivity index (χ1v) is 9.83. The molecule has 138 valence electrons. The summed E-state index contributed by atoms with van der Waals surface area (Å²) in [4.78, 5) is 42.5. The Labute approximate surface area is 161 Å². The van der Waals surface area contributed by atoms with Gasteiger partial charge in [0.05, 0.1) is 0 Å². The van der Waals surface area contributed by atoms with E-state index in [1.165, 1.54) is 0 Å². The minimum absolute atomic E-state index is 0.338. The van der Waals surface area contributed by atoms with E-state index in [-0.39, 0.29) is 9.85 Å². The van der Waals surface area contributed by atoms with Crippen molar-refractivity contribution in [3.8, 4) is 11.5 Å². The van der Waals surface area contributed by atoms with Gasteiger partial charge in [-0.2, -0.15) is 0 Å². The summed E-state index contributed by atoms with van der Waals surface area (Å²) < 4.78 is 9.23. The molecule has 0 spiro atoms. The van der Waals surface area contributed by atoms with Gasteiger partial charge in [-0.1, -0.05) is 0 Å². The van der Waals surface area contributed by atoms with E-state index in [1.54, 1.807) is 0 Å². The number of benzene rings is 2. The van der Waals surface area contributed by atoms with Gasteiger partial charge in [0.2, 0.25) is 0 Å². The van der Waals surface area contributed by atoms with Crippen LogP contribution in [-0.4, -0.2) is 44.8 Å². The van der Waals surface area contributed by atoms with Crippen molar-refractivity contribution in [2.24, 2.45) is 0 Å². The van der Waals surface area contributed by atoms with E-state index in [0.717, 1.165) is 36.4 Å². The fourth-order valence-electron chi connectivity index (χ4n) is 1.87. The molecule has 0 aliphatic rings. The summed E-state index contributed by atoms with van der Waals surface area (Å²) >= 11 is -3.05. The maximum atomic E-state index is 11.8. The summed E-state index contributed by atoms with van der Waals surface area (Å²) in [5.74, 6) is -2.05. The summed E-state index contributed by atoms with van der Waals surface area (Å²) in [6.45, 7) is 0. The number of hydrogen-bond donors (Lipinski definition) is 0. The summed E-state index contributed by atoms with van der Waals surface area (Å²) in [6, 6.07) is 5.85. The van der Waals surface area contributed by atoms with Crippen LogP contribution in [0.5, 0.6) is 11.5 Å². The molecule has 15 heteroatoms. The molecule has 0 heterocycles. The molecule has 27 heavy (non-hydrogen) atoms. The fraction of sp³-hybridized carbons (Fsp3) is 0. The second kappa shape index (κ2) is 8.29. The van der Waals surface area contributed by atoms with Crippen molar-refractivity contribution in [2.45, 2.75) is 0 Å². The number of nitro groups is 2. The Bertz CT molecular complexity index is 874. The summed E-state index contributed by atoms with van der Waals surface area (Å²) in [6.07, 6.45) is 0. The predicted molar refractivity (Wildman–Crippen MR) is 79.6 cm³/mol. The third-order valence-electron chi connectivity index (χ3n) is 2.95. The molecular formula is C12H6N4O10Pb. The monoisotopic (exact) mass is 574 g/mol. The zero-order chi connectivity index (χ0) is 20.1. The number of nitrogens with zero attached hydrogens (tertiary/aromatic N) is 4. The van der Waals surface area contributed by atoms with Gasteiger partial charge in [0, 0.05) is 0 Å². The minimum atomic E-state index is -3.05. The van der Waals surface area contributed by atoms with E-state index >= 15 is 0 Å². The van der Waals surface area contributed by atoms with Gasteiger partial charge in [-0.25, -0.2) is 0 Å². The Morgan fingerprint density at radius 2 is 1.07 bits per heavy atom. The molecule has 2 aromatic carbocycles. The Kier molecular flexibility index (Phi) is 6.11. The number of para-hydroxylation sites is 2. The van der Waals surface area contributed by atoms with Crippen LogP contribution in [0.4, 0.5) is 22.7 Å². The van der Waals surface area contributed by atoms with E-state index in [1.807, 2.05) is 0 Å². The molecule has 0 amide bonds. The third kappa shape index (κ3) is 4.40. The molecule has 0 bridgehead atoms. The molecule has 0 fully saturated rings. The van der Waals surface area contributed by atoms with Crippen molar-refractivity contribution in [3.63, 3.8) is 0 Å². The zero-order valence-electron chi connectivity index (χ0n) is 12.8. The van der Waals surface area contributed by atoms with Crippen molar-refractivity contribution < 1.29 is 35.5 Å². The van der Waals surface area contributed by atoms with E-state index in [0.29, 0.717) is 0 Å². The van der Waals surface area contributed by atoms with Crippen molar-refractivity contribution in [3.05, 3.63) is 66.4 Å². The van der Waals surface area contributed by atoms with Crippen LogP contribution < -0.4 is 10.2 Å². The second-order valence-electron chi connectivity index (χ2n) is 4.54. The van der Waals surface area contributed by atoms with Crippen molar-refractivity contribution in [2.75, 3.05) is 0 Å². The molecule has 0 aliphatic heterocycles. The Hall–Kier alpha value is -3.44. The van der Waals surface area contributed by atoms with Gasteiger partial charge in [0.1, 0.15) is 0 Å². The molecule has 14 nitrogen and oxygen atoms in total. The van der Waals surface area contributed by atoms with Crippen LogP contribution in [-0.2, 0) is 5.58 Å². The Balaban J connectivity index is 2.10. The van der Waals surface area contributed by atoms with E-state index < -0.39 is 69.2 Å². The van der Waals surface area contributed by atoms with Crippen LogP contribution in [0, 0.1) is 30.0 Å². The van der Waals surface area contributed by atoms with Crippen LogP contribution in [0.2, 0.25) is 0 Å². The van der Waals surface area contributed by atoms with Crippen LogP contribution in [0.1, 0.15) is 0 Å².